The summed E-state index contributed by atoms with van der Waals surface area (Å²) < 4.78 is 40.2. The van der Waals surface area contributed by atoms with Crippen LogP contribution >= 0.6 is 15.9 Å². The fraction of sp³-hybridized carbons (Fsp3) is 0.200. The third-order valence-electron chi connectivity index (χ3n) is 2.26. The van der Waals surface area contributed by atoms with Gasteiger partial charge in [0.25, 0.3) is 0 Å². The highest BCUT2D eigenvalue weighted by atomic mass is 79.9. The average molecular weight is 321 g/mol. The zero-order valence-electron chi connectivity index (χ0n) is 8.95. The first-order chi connectivity index (χ1) is 8.43. The molecule has 0 aliphatic heterocycles. The summed E-state index contributed by atoms with van der Waals surface area (Å²) in [6.07, 6.45) is -2.02. The van der Waals surface area contributed by atoms with Crippen molar-refractivity contribution in [2.24, 2.45) is 5.73 Å². The largest absolute Gasteiger partial charge is 0.433 e. The summed E-state index contributed by atoms with van der Waals surface area (Å²) >= 11 is 3.16. The number of rotatable bonds is 2. The molecule has 2 N–H and O–H groups in total. The molecule has 0 radical (unpaired) electrons. The van der Waals surface area contributed by atoms with Crippen LogP contribution in [-0.2, 0) is 12.7 Å². The molecule has 0 saturated heterocycles. The van der Waals surface area contributed by atoms with Gasteiger partial charge >= 0.3 is 6.18 Å². The lowest BCUT2D eigenvalue weighted by Crippen LogP contribution is -2.17. The molecule has 0 spiro atoms. The molecule has 18 heavy (non-hydrogen) atoms. The lowest BCUT2D eigenvalue weighted by atomic mass is 10.2. The number of hydrogen-bond donors (Lipinski definition) is 1. The molecule has 0 aliphatic rings. The Morgan fingerprint density at radius 1 is 1.28 bits per heavy atom. The van der Waals surface area contributed by atoms with Gasteiger partial charge in [-0.3, -0.25) is 0 Å². The summed E-state index contributed by atoms with van der Waals surface area (Å²) in [6.45, 7) is -0.231. The second kappa shape index (κ2) is 4.69. The smallest absolute Gasteiger partial charge is 0.326 e. The summed E-state index contributed by atoms with van der Waals surface area (Å²) in [4.78, 5) is 3.88. The molecule has 0 atom stereocenters. The number of nitrogens with two attached hydrogens (primary N) is 1. The molecule has 4 nitrogen and oxygen atoms in total. The Labute approximate surface area is 109 Å². The van der Waals surface area contributed by atoms with Crippen LogP contribution in [0.1, 0.15) is 11.3 Å². The minimum atomic E-state index is -4.53. The van der Waals surface area contributed by atoms with Crippen molar-refractivity contribution in [2.75, 3.05) is 0 Å². The van der Waals surface area contributed by atoms with Crippen molar-refractivity contribution in [3.63, 3.8) is 0 Å². The second-order valence-electron chi connectivity index (χ2n) is 3.47. The van der Waals surface area contributed by atoms with Gasteiger partial charge in [-0.15, -0.1) is 0 Å². The van der Waals surface area contributed by atoms with Gasteiger partial charge in [-0.05, 0) is 28.1 Å². The SMILES string of the molecule is NCc1cnn(-c2ccc(Br)cn2)c1C(F)(F)F. The van der Waals surface area contributed by atoms with Gasteiger partial charge < -0.3 is 5.73 Å². The number of hydrogen-bond acceptors (Lipinski definition) is 3. The van der Waals surface area contributed by atoms with Crippen molar-refractivity contribution in [2.45, 2.75) is 12.7 Å². The highest BCUT2D eigenvalue weighted by Gasteiger charge is 2.38. The van der Waals surface area contributed by atoms with Crippen LogP contribution in [0.5, 0.6) is 0 Å². The molecule has 0 unspecified atom stereocenters. The molecule has 0 aromatic carbocycles. The maximum absolute atomic E-state index is 12.9. The monoisotopic (exact) mass is 320 g/mol. The van der Waals surface area contributed by atoms with E-state index >= 15 is 0 Å². The number of pyridine rings is 1. The van der Waals surface area contributed by atoms with E-state index in [0.29, 0.717) is 4.47 Å². The van der Waals surface area contributed by atoms with Gasteiger partial charge in [0.05, 0.1) is 6.20 Å². The van der Waals surface area contributed by atoms with Gasteiger partial charge in [0.2, 0.25) is 0 Å². The molecule has 0 bridgehead atoms. The molecule has 0 fully saturated rings. The molecular weight excluding hydrogens is 313 g/mol. The zero-order chi connectivity index (χ0) is 13.3. The number of aromatic nitrogens is 3. The Bertz CT molecular complexity index is 547. The molecule has 96 valence electrons. The third-order valence-corrected chi connectivity index (χ3v) is 2.73. The quantitative estimate of drug-likeness (QED) is 0.925. The van der Waals surface area contributed by atoms with Crippen molar-refractivity contribution in [1.29, 1.82) is 0 Å². The van der Waals surface area contributed by atoms with Crippen LogP contribution in [0.15, 0.2) is 29.0 Å². The molecule has 2 rings (SSSR count). The van der Waals surface area contributed by atoms with Gasteiger partial charge in [-0.25, -0.2) is 9.67 Å². The summed E-state index contributed by atoms with van der Waals surface area (Å²) in [5.41, 5.74) is 4.33. The summed E-state index contributed by atoms with van der Waals surface area (Å²) in [6, 6.07) is 3.03. The van der Waals surface area contributed by atoms with E-state index in [9.17, 15) is 13.2 Å². The summed E-state index contributed by atoms with van der Waals surface area (Å²) in [5, 5.41) is 3.69. The number of alkyl halides is 3. The van der Waals surface area contributed by atoms with Crippen LogP contribution in [0.25, 0.3) is 5.82 Å². The van der Waals surface area contributed by atoms with E-state index in [1.165, 1.54) is 12.3 Å². The van der Waals surface area contributed by atoms with E-state index in [0.717, 1.165) is 10.9 Å². The average Bonchev–Trinajstić information content (AvgIpc) is 2.73. The van der Waals surface area contributed by atoms with Gasteiger partial charge in [0.15, 0.2) is 11.5 Å². The van der Waals surface area contributed by atoms with E-state index in [2.05, 4.69) is 26.0 Å². The maximum atomic E-state index is 12.9. The lowest BCUT2D eigenvalue weighted by Gasteiger charge is -2.11. The number of nitrogens with zero attached hydrogens (tertiary/aromatic N) is 3. The molecule has 0 amide bonds. The van der Waals surface area contributed by atoms with Gasteiger partial charge in [0, 0.05) is 22.8 Å². The fourth-order valence-electron chi connectivity index (χ4n) is 1.50. The highest BCUT2D eigenvalue weighted by molar-refractivity contribution is 9.10. The van der Waals surface area contributed by atoms with E-state index in [1.54, 1.807) is 6.07 Å². The van der Waals surface area contributed by atoms with Gasteiger partial charge in [-0.1, -0.05) is 0 Å². The molecule has 0 aliphatic carbocycles. The van der Waals surface area contributed by atoms with Gasteiger partial charge in [0.1, 0.15) is 0 Å². The normalized spacial score (nSPS) is 11.8. The lowest BCUT2D eigenvalue weighted by molar-refractivity contribution is -0.143. The molecule has 8 heteroatoms. The maximum Gasteiger partial charge on any atom is 0.433 e. The standard InChI is InChI=1S/C10H8BrF3N4/c11-7-1-2-8(16-5-7)18-9(10(12,13)14)6(3-15)4-17-18/h1-2,4-5H,3,15H2. The van der Waals surface area contributed by atoms with Gasteiger partial charge in [-0.2, -0.15) is 18.3 Å². The van der Waals surface area contributed by atoms with Crippen LogP contribution in [0.3, 0.4) is 0 Å². The van der Waals surface area contributed by atoms with Crippen LogP contribution in [0, 0.1) is 0 Å². The fourth-order valence-corrected chi connectivity index (χ4v) is 1.74. The Morgan fingerprint density at radius 3 is 2.50 bits per heavy atom. The zero-order valence-corrected chi connectivity index (χ0v) is 10.5. The Kier molecular flexibility index (Phi) is 3.40. The molecule has 2 aromatic rings. The first-order valence-corrected chi connectivity index (χ1v) is 5.69. The molecule has 2 heterocycles. The van der Waals surface area contributed by atoms with E-state index in [-0.39, 0.29) is 17.9 Å². The van der Waals surface area contributed by atoms with Crippen molar-refractivity contribution in [3.05, 3.63) is 40.3 Å². The van der Waals surface area contributed by atoms with Crippen LogP contribution in [0.2, 0.25) is 0 Å². The third kappa shape index (κ3) is 2.39. The Balaban J connectivity index is 2.58. The van der Waals surface area contributed by atoms with Crippen molar-refractivity contribution >= 4 is 15.9 Å². The topological polar surface area (TPSA) is 56.7 Å². The highest BCUT2D eigenvalue weighted by Crippen LogP contribution is 2.33. The van der Waals surface area contributed by atoms with Crippen molar-refractivity contribution in [3.8, 4) is 5.82 Å². The van der Waals surface area contributed by atoms with E-state index in [1.807, 2.05) is 0 Å². The minimum absolute atomic E-state index is 0.0628. The van der Waals surface area contributed by atoms with Crippen LogP contribution < -0.4 is 5.73 Å². The molecular formula is C10H8BrF3N4. The predicted molar refractivity (Wildman–Crippen MR) is 62.0 cm³/mol. The Hall–Kier alpha value is -1.41. The van der Waals surface area contributed by atoms with Crippen LogP contribution in [0.4, 0.5) is 13.2 Å². The predicted octanol–water partition coefficient (Wildman–Crippen LogP) is 2.51. The van der Waals surface area contributed by atoms with Crippen molar-refractivity contribution in [1.82, 2.24) is 14.8 Å². The first kappa shape index (κ1) is 13.0. The Morgan fingerprint density at radius 2 is 2.00 bits per heavy atom. The van der Waals surface area contributed by atoms with Crippen LogP contribution in [-0.4, -0.2) is 14.8 Å². The summed E-state index contributed by atoms with van der Waals surface area (Å²) in [7, 11) is 0. The van der Waals surface area contributed by atoms with E-state index < -0.39 is 11.9 Å². The van der Waals surface area contributed by atoms with Crippen molar-refractivity contribution < 1.29 is 13.2 Å². The van der Waals surface area contributed by atoms with E-state index in [4.69, 9.17) is 5.73 Å². The first-order valence-electron chi connectivity index (χ1n) is 4.89. The number of halogens is 4. The summed E-state index contributed by atoms with van der Waals surface area (Å²) in [5.74, 6) is 0.0882. The molecule has 0 saturated carbocycles. The minimum Gasteiger partial charge on any atom is -0.326 e. The molecule has 2 aromatic heterocycles. The second-order valence-corrected chi connectivity index (χ2v) is 4.38.